The van der Waals surface area contributed by atoms with Crippen molar-refractivity contribution in [3.05, 3.63) is 18.2 Å². The number of hydrogen-bond donors (Lipinski definition) is 2. The summed E-state index contributed by atoms with van der Waals surface area (Å²) in [5, 5.41) is 2.59. The first kappa shape index (κ1) is 17.3. The fourth-order valence-electron chi connectivity index (χ4n) is 1.56. The average molecular weight is 316 g/mol. The van der Waals surface area contributed by atoms with Crippen molar-refractivity contribution in [3.8, 4) is 11.5 Å². The van der Waals surface area contributed by atoms with E-state index < -0.39 is 10.0 Å². The zero-order valence-corrected chi connectivity index (χ0v) is 13.1. The lowest BCUT2D eigenvalue weighted by atomic mass is 10.3. The number of nitrogens with one attached hydrogen (secondary N) is 2. The third-order valence-electron chi connectivity index (χ3n) is 2.66. The molecular formula is C13H20N2O5S. The lowest BCUT2D eigenvalue weighted by Crippen LogP contribution is -2.37. The second-order valence-corrected chi connectivity index (χ2v) is 5.93. The third-order valence-corrected chi connectivity index (χ3v) is 4.10. The standard InChI is InChI=1S/C13H20N2O5S/c1-4-7-14-13(16)9-15-21(17,18)12-6-5-10(19-2)8-11(12)20-3/h5-6,8,15H,4,7,9H2,1-3H3,(H,14,16). The van der Waals surface area contributed by atoms with E-state index in [0.29, 0.717) is 12.3 Å². The van der Waals surface area contributed by atoms with Crippen LogP contribution in [0.3, 0.4) is 0 Å². The van der Waals surface area contributed by atoms with Gasteiger partial charge in [0.25, 0.3) is 0 Å². The largest absolute Gasteiger partial charge is 0.497 e. The molecule has 2 N–H and O–H groups in total. The maximum absolute atomic E-state index is 12.2. The van der Waals surface area contributed by atoms with Crippen LogP contribution in [0, 0.1) is 0 Å². The van der Waals surface area contributed by atoms with E-state index in [1.54, 1.807) is 0 Å². The van der Waals surface area contributed by atoms with E-state index >= 15 is 0 Å². The molecule has 0 bridgehead atoms. The van der Waals surface area contributed by atoms with Gasteiger partial charge < -0.3 is 14.8 Å². The zero-order chi connectivity index (χ0) is 15.9. The van der Waals surface area contributed by atoms with E-state index in [1.165, 1.54) is 32.4 Å². The van der Waals surface area contributed by atoms with Crippen molar-refractivity contribution in [3.63, 3.8) is 0 Å². The molecule has 1 aromatic rings. The predicted molar refractivity (Wildman–Crippen MR) is 78.0 cm³/mol. The van der Waals surface area contributed by atoms with Gasteiger partial charge in [-0.05, 0) is 18.6 Å². The van der Waals surface area contributed by atoms with Crippen LogP contribution in [0.25, 0.3) is 0 Å². The molecule has 0 aromatic heterocycles. The van der Waals surface area contributed by atoms with Crippen LogP contribution in [0.15, 0.2) is 23.1 Å². The van der Waals surface area contributed by atoms with E-state index in [1.807, 2.05) is 6.92 Å². The van der Waals surface area contributed by atoms with Crippen molar-refractivity contribution in [2.24, 2.45) is 0 Å². The quantitative estimate of drug-likeness (QED) is 0.729. The molecule has 1 aromatic carbocycles. The lowest BCUT2D eigenvalue weighted by molar-refractivity contribution is -0.119. The summed E-state index contributed by atoms with van der Waals surface area (Å²) in [6.45, 7) is 2.09. The molecule has 0 aliphatic heterocycles. The van der Waals surface area contributed by atoms with Crippen molar-refractivity contribution < 1.29 is 22.7 Å². The minimum Gasteiger partial charge on any atom is -0.497 e. The number of rotatable bonds is 8. The summed E-state index contributed by atoms with van der Waals surface area (Å²) >= 11 is 0. The molecule has 0 atom stereocenters. The number of methoxy groups -OCH3 is 2. The number of carbonyl (C=O) groups excluding carboxylic acids is 1. The molecule has 21 heavy (non-hydrogen) atoms. The molecule has 7 nitrogen and oxygen atoms in total. The average Bonchev–Trinajstić information content (AvgIpc) is 2.50. The molecule has 0 heterocycles. The van der Waals surface area contributed by atoms with Crippen molar-refractivity contribution in [2.45, 2.75) is 18.2 Å². The van der Waals surface area contributed by atoms with Crippen molar-refractivity contribution >= 4 is 15.9 Å². The van der Waals surface area contributed by atoms with Gasteiger partial charge in [-0.3, -0.25) is 4.79 Å². The smallest absolute Gasteiger partial charge is 0.244 e. The molecule has 0 aliphatic rings. The molecule has 0 spiro atoms. The van der Waals surface area contributed by atoms with Crippen LogP contribution in [0.1, 0.15) is 13.3 Å². The van der Waals surface area contributed by atoms with E-state index in [9.17, 15) is 13.2 Å². The Bertz CT molecular complexity index is 586. The number of ether oxygens (including phenoxy) is 2. The molecule has 0 aliphatic carbocycles. The zero-order valence-electron chi connectivity index (χ0n) is 12.3. The van der Waals surface area contributed by atoms with Crippen LogP contribution < -0.4 is 19.5 Å². The van der Waals surface area contributed by atoms with Gasteiger partial charge >= 0.3 is 0 Å². The summed E-state index contributed by atoms with van der Waals surface area (Å²) in [7, 11) is -1.01. The number of sulfonamides is 1. The summed E-state index contributed by atoms with van der Waals surface area (Å²) in [6.07, 6.45) is 0.783. The molecule has 0 unspecified atom stereocenters. The summed E-state index contributed by atoms with van der Waals surface area (Å²) in [4.78, 5) is 11.4. The SMILES string of the molecule is CCCNC(=O)CNS(=O)(=O)c1ccc(OC)cc1OC. The Morgan fingerprint density at radius 3 is 2.52 bits per heavy atom. The van der Waals surface area contributed by atoms with Crippen molar-refractivity contribution in [1.82, 2.24) is 10.0 Å². The molecule has 0 saturated heterocycles. The van der Waals surface area contributed by atoms with Gasteiger partial charge in [-0.1, -0.05) is 6.92 Å². The number of benzene rings is 1. The Labute approximate surface area is 124 Å². The number of carbonyl (C=O) groups is 1. The highest BCUT2D eigenvalue weighted by molar-refractivity contribution is 7.89. The van der Waals surface area contributed by atoms with E-state index in [4.69, 9.17) is 9.47 Å². The van der Waals surface area contributed by atoms with Crippen LogP contribution in [0.5, 0.6) is 11.5 Å². The Balaban J connectivity index is 2.85. The maximum Gasteiger partial charge on any atom is 0.244 e. The molecular weight excluding hydrogens is 296 g/mol. The fourth-order valence-corrected chi connectivity index (χ4v) is 2.69. The lowest BCUT2D eigenvalue weighted by Gasteiger charge is -2.12. The first-order chi connectivity index (χ1) is 9.94. The Morgan fingerprint density at radius 1 is 1.24 bits per heavy atom. The van der Waals surface area contributed by atoms with Crippen LogP contribution in [0.2, 0.25) is 0 Å². The van der Waals surface area contributed by atoms with Crippen LogP contribution in [-0.2, 0) is 14.8 Å². The highest BCUT2D eigenvalue weighted by atomic mass is 32.2. The van der Waals surface area contributed by atoms with Crippen LogP contribution in [0.4, 0.5) is 0 Å². The summed E-state index contributed by atoms with van der Waals surface area (Å²) < 4.78 is 36.6. The van der Waals surface area contributed by atoms with Crippen LogP contribution >= 0.6 is 0 Å². The minimum absolute atomic E-state index is 0.0471. The molecule has 0 radical (unpaired) electrons. The van der Waals surface area contributed by atoms with Crippen LogP contribution in [-0.4, -0.2) is 41.6 Å². The second kappa shape index (κ2) is 7.84. The topological polar surface area (TPSA) is 93.7 Å². The normalized spacial score (nSPS) is 11.0. The summed E-state index contributed by atoms with van der Waals surface area (Å²) in [5.74, 6) is 0.246. The van der Waals surface area contributed by atoms with E-state index in [-0.39, 0.29) is 23.1 Å². The first-order valence-electron chi connectivity index (χ1n) is 6.43. The second-order valence-electron chi connectivity index (χ2n) is 4.19. The molecule has 1 amide bonds. The summed E-state index contributed by atoms with van der Waals surface area (Å²) in [5.41, 5.74) is 0. The van der Waals surface area contributed by atoms with Gasteiger partial charge in [0.05, 0.1) is 20.8 Å². The van der Waals surface area contributed by atoms with Gasteiger partial charge in [0.2, 0.25) is 15.9 Å². The Morgan fingerprint density at radius 2 is 1.95 bits per heavy atom. The molecule has 0 saturated carbocycles. The minimum atomic E-state index is -3.84. The third kappa shape index (κ3) is 4.91. The highest BCUT2D eigenvalue weighted by Gasteiger charge is 2.20. The molecule has 0 fully saturated rings. The summed E-state index contributed by atoms with van der Waals surface area (Å²) in [6, 6.07) is 4.34. The highest BCUT2D eigenvalue weighted by Crippen LogP contribution is 2.27. The van der Waals surface area contributed by atoms with Gasteiger partial charge in [-0.2, -0.15) is 0 Å². The molecule has 1 rings (SSSR count). The fraction of sp³-hybridized carbons (Fsp3) is 0.462. The van der Waals surface area contributed by atoms with E-state index in [0.717, 1.165) is 6.42 Å². The van der Waals surface area contributed by atoms with Gasteiger partial charge in [-0.25, -0.2) is 13.1 Å². The predicted octanol–water partition coefficient (Wildman–Crippen LogP) is 0.508. The van der Waals surface area contributed by atoms with Gasteiger partial charge in [0.1, 0.15) is 16.4 Å². The first-order valence-corrected chi connectivity index (χ1v) is 7.91. The number of hydrogen-bond acceptors (Lipinski definition) is 5. The maximum atomic E-state index is 12.2. The number of amides is 1. The van der Waals surface area contributed by atoms with Gasteiger partial charge in [0, 0.05) is 12.6 Å². The van der Waals surface area contributed by atoms with E-state index in [2.05, 4.69) is 10.0 Å². The monoisotopic (exact) mass is 316 g/mol. The van der Waals surface area contributed by atoms with Crippen molar-refractivity contribution in [2.75, 3.05) is 27.3 Å². The Hall–Kier alpha value is -1.80. The molecule has 8 heteroatoms. The van der Waals surface area contributed by atoms with Gasteiger partial charge in [-0.15, -0.1) is 0 Å². The van der Waals surface area contributed by atoms with Gasteiger partial charge in [0.15, 0.2) is 0 Å². The van der Waals surface area contributed by atoms with Crippen molar-refractivity contribution in [1.29, 1.82) is 0 Å². The Kier molecular flexibility index (Phi) is 6.44. The molecule has 118 valence electrons.